The predicted molar refractivity (Wildman–Crippen MR) is 446 cm³/mol. The molecule has 572 valence electrons. The lowest BCUT2D eigenvalue weighted by atomic mass is 9.97. The summed E-state index contributed by atoms with van der Waals surface area (Å²) in [6, 6.07) is 56.8. The summed E-state index contributed by atoms with van der Waals surface area (Å²) in [5.74, 6) is -0.776. The van der Waals surface area contributed by atoms with Crippen molar-refractivity contribution < 1.29 is 32.8 Å². The van der Waals surface area contributed by atoms with Crippen molar-refractivity contribution in [2.45, 2.75) is 138 Å². The van der Waals surface area contributed by atoms with E-state index in [1.165, 1.54) is 104 Å². The fourth-order valence-corrected chi connectivity index (χ4v) is 16.9. The van der Waals surface area contributed by atoms with E-state index in [-0.39, 0.29) is 40.9 Å². The van der Waals surface area contributed by atoms with Crippen LogP contribution >= 0.6 is 58.6 Å². The number of carbonyl (C=O) groups excluding carboxylic acids is 5. The number of nitriles is 1. The largest absolute Gasteiger partial charge is 0.312 e. The van der Waals surface area contributed by atoms with Crippen LogP contribution < -0.4 is 24.5 Å². The van der Waals surface area contributed by atoms with Crippen molar-refractivity contribution in [3.63, 3.8) is 0 Å². The highest BCUT2D eigenvalue weighted by atomic mass is 35.5. The molecule has 10 heterocycles. The second kappa shape index (κ2) is 40.4. The smallest absolute Gasteiger partial charge is 0.272 e. The molecule has 0 bridgehead atoms. The molecule has 5 aromatic carbocycles. The van der Waals surface area contributed by atoms with E-state index in [0.29, 0.717) is 52.3 Å². The first-order chi connectivity index (χ1) is 53.8. The standard InChI is InChI=1S/C19H19N3O.C18H18F2N2OS.C18H20N2OS.C17H18N2OS.C16H15ClN2OS/c1-14-4-2-5-16-6-3-11-22(19(14)16)18(23)10-9-17-8-7-15(12-20)13-21-17;1-18(19,20)14-8-9-16(21-11-14)24-12-17(23)22-10-4-6-13-5-2-3-7-15(13)22;1-13-8-9-16(19-11-13)22-12-17(21)20-10-4-7-15-6-3-5-14(2)18(15)20;1-13-6-4-7-14-8-5-11-19(17(13)14)16(20)12-21-15-9-2-3-10-18-15;17-13-7-8-15(18-10-13)21-11-16(20)19-9-3-5-12-4-1-2-6-14(12)19/h2,4-5,7-8,13H,3,6,9-11H2,1H3;2-3,5,7-9,11H,4,6,10,12H2,1H3;3,5-6,8-9,11H,4,7,10,12H2,1-2H3;2-4,6-7,9-10H,5,8,11-12H2,1H3;1-2,4,6-8,10H,3,5,9,11H2. The van der Waals surface area contributed by atoms with Crippen LogP contribution in [0.5, 0.6) is 0 Å². The zero-order chi connectivity index (χ0) is 78.2. The number of alkyl halides is 2. The first kappa shape index (κ1) is 82.2. The maximum Gasteiger partial charge on any atom is 0.272 e. The van der Waals surface area contributed by atoms with Crippen molar-refractivity contribution in [3.8, 4) is 6.07 Å². The van der Waals surface area contributed by atoms with Crippen molar-refractivity contribution in [2.75, 3.05) is 80.2 Å². The SMILES string of the molecule is CC(F)(F)c1ccc(SCC(=O)N2CCCc3ccccc32)nc1.Cc1ccc(SCC(=O)N2CCCc3cccc(C)c32)nc1.Cc1cccc2c1N(C(=O)CCc1ccc(C#N)cn1)CCC2.Cc1cccc2c1N(C(=O)CSc1ccccn1)CCC2.O=C(CSc1ccc(Cl)cn1)N1CCCc2ccccc21. The molecule has 23 heteroatoms. The van der Waals surface area contributed by atoms with Gasteiger partial charge in [0.05, 0.1) is 53.7 Å². The molecule has 0 spiro atoms. The van der Waals surface area contributed by atoms with Gasteiger partial charge in [0.1, 0.15) is 6.07 Å². The number of nitrogens with zero attached hydrogens (tertiary/aromatic N) is 11. The zero-order valence-electron chi connectivity index (χ0n) is 63.1. The number of pyridine rings is 5. The molecule has 16 nitrogen and oxygen atoms in total. The molecule has 5 aliphatic heterocycles. The number of thioether (sulfide) groups is 4. The first-order valence-electron chi connectivity index (χ1n) is 37.4. The van der Waals surface area contributed by atoms with Crippen molar-refractivity contribution in [1.82, 2.24) is 24.9 Å². The van der Waals surface area contributed by atoms with Gasteiger partial charge in [-0.05, 0) is 215 Å². The Morgan fingerprint density at radius 1 is 0.423 bits per heavy atom. The van der Waals surface area contributed by atoms with Gasteiger partial charge in [-0.1, -0.05) is 162 Å². The van der Waals surface area contributed by atoms with E-state index in [1.54, 1.807) is 35.6 Å². The molecule has 111 heavy (non-hydrogen) atoms. The van der Waals surface area contributed by atoms with E-state index in [1.807, 2.05) is 118 Å². The van der Waals surface area contributed by atoms with E-state index in [0.717, 1.165) is 158 Å². The number of aryl methyl sites for hydroxylation is 10. The Kier molecular flexibility index (Phi) is 30.0. The lowest BCUT2D eigenvalue weighted by Crippen LogP contribution is -2.37. The number of amides is 5. The molecule has 0 saturated carbocycles. The molecule has 0 N–H and O–H groups in total. The third-order valence-corrected chi connectivity index (χ3v) is 23.3. The fourth-order valence-electron chi connectivity index (χ4n) is 13.9. The summed E-state index contributed by atoms with van der Waals surface area (Å²) in [6.07, 6.45) is 19.2. The summed E-state index contributed by atoms with van der Waals surface area (Å²) >= 11 is 11.5. The van der Waals surface area contributed by atoms with E-state index >= 15 is 0 Å². The number of hydrogen-bond donors (Lipinski definition) is 0. The minimum atomic E-state index is -2.90. The second-order valence-corrected chi connectivity index (χ2v) is 31.9. The number of halogens is 3. The third-order valence-electron chi connectivity index (χ3n) is 19.4. The Bertz CT molecular complexity index is 4880. The minimum Gasteiger partial charge on any atom is -0.312 e. The lowest BCUT2D eigenvalue weighted by molar-refractivity contribution is -0.119. The number of rotatable bonds is 16. The van der Waals surface area contributed by atoms with Crippen LogP contribution in [-0.4, -0.2) is 110 Å². The molecule has 15 rings (SSSR count). The van der Waals surface area contributed by atoms with Crippen LogP contribution in [0.1, 0.15) is 112 Å². The molecular weight excluding hydrogens is 1490 g/mol. The van der Waals surface area contributed by atoms with Crippen LogP contribution in [0.15, 0.2) is 221 Å². The van der Waals surface area contributed by atoms with Crippen molar-refractivity contribution in [2.24, 2.45) is 0 Å². The Labute approximate surface area is 671 Å². The molecule has 5 aliphatic rings. The summed E-state index contributed by atoms with van der Waals surface area (Å²) in [5.41, 5.74) is 17.6. The molecule has 10 aromatic rings. The number of para-hydroxylation sites is 5. The Hall–Kier alpha value is -9.76. The van der Waals surface area contributed by atoms with Gasteiger partial charge in [-0.2, -0.15) is 5.26 Å². The van der Waals surface area contributed by atoms with Crippen molar-refractivity contribution >= 4 is 117 Å². The lowest BCUT2D eigenvalue weighted by Gasteiger charge is -2.31. The first-order valence-corrected chi connectivity index (χ1v) is 41.7. The van der Waals surface area contributed by atoms with Crippen LogP contribution in [0.3, 0.4) is 0 Å². The van der Waals surface area contributed by atoms with Crippen molar-refractivity contribution in [3.05, 3.63) is 273 Å². The highest BCUT2D eigenvalue weighted by Crippen LogP contribution is 2.37. The quantitative estimate of drug-likeness (QED) is 0.0830. The third kappa shape index (κ3) is 23.0. The van der Waals surface area contributed by atoms with Gasteiger partial charge in [0.15, 0.2) is 0 Å². The van der Waals surface area contributed by atoms with Crippen LogP contribution in [0.4, 0.5) is 37.2 Å². The molecule has 5 aromatic heterocycles. The normalized spacial score (nSPS) is 13.8. The molecule has 0 fully saturated rings. The van der Waals surface area contributed by atoms with Gasteiger partial charge < -0.3 is 24.5 Å². The Morgan fingerprint density at radius 2 is 0.829 bits per heavy atom. The van der Waals surface area contributed by atoms with Gasteiger partial charge >= 0.3 is 0 Å². The fraction of sp³-hybridized carbons (Fsp3) is 0.307. The van der Waals surface area contributed by atoms with Gasteiger partial charge in [-0.15, -0.1) is 0 Å². The molecular formula is C88H90ClF2N11O5S4. The van der Waals surface area contributed by atoms with E-state index in [9.17, 15) is 32.8 Å². The van der Waals surface area contributed by atoms with Gasteiger partial charge in [0.25, 0.3) is 5.92 Å². The second-order valence-electron chi connectivity index (χ2n) is 27.5. The number of anilines is 5. The van der Waals surface area contributed by atoms with E-state index < -0.39 is 5.92 Å². The molecule has 0 unspecified atom stereocenters. The van der Waals surface area contributed by atoms with Gasteiger partial charge in [0, 0.05) is 117 Å². The number of aromatic nitrogens is 5. The Balaban J connectivity index is 0.000000138. The van der Waals surface area contributed by atoms with E-state index in [4.69, 9.17) is 16.9 Å². The van der Waals surface area contributed by atoms with E-state index in [2.05, 4.69) is 112 Å². The molecule has 0 saturated heterocycles. The average Bonchev–Trinajstić information content (AvgIpc) is 0.819. The minimum absolute atomic E-state index is 0.0128. The van der Waals surface area contributed by atoms with Crippen LogP contribution in [0.25, 0.3) is 0 Å². The maximum atomic E-state index is 13.2. The summed E-state index contributed by atoms with van der Waals surface area (Å²) in [5, 5.41) is 12.6. The summed E-state index contributed by atoms with van der Waals surface area (Å²) < 4.78 is 26.4. The maximum absolute atomic E-state index is 13.2. The zero-order valence-corrected chi connectivity index (χ0v) is 67.2. The summed E-state index contributed by atoms with van der Waals surface area (Å²) in [6.45, 7) is 13.0. The van der Waals surface area contributed by atoms with Crippen LogP contribution in [0, 0.1) is 39.0 Å². The number of benzene rings is 5. The molecule has 0 radical (unpaired) electrons. The van der Waals surface area contributed by atoms with Gasteiger partial charge in [0.2, 0.25) is 29.5 Å². The highest BCUT2D eigenvalue weighted by Gasteiger charge is 2.30. The summed E-state index contributed by atoms with van der Waals surface area (Å²) in [4.78, 5) is 93.4. The number of hydrogen-bond acceptors (Lipinski definition) is 15. The van der Waals surface area contributed by atoms with Crippen LogP contribution in [-0.2, 0) is 68.4 Å². The molecule has 0 atom stereocenters. The average molecular weight is 1580 g/mol. The highest BCUT2D eigenvalue weighted by molar-refractivity contribution is 8.00. The molecule has 5 amide bonds. The number of fused-ring (bicyclic) bond motifs is 5. The van der Waals surface area contributed by atoms with Gasteiger partial charge in [-0.3, -0.25) is 29.0 Å². The monoisotopic (exact) mass is 1580 g/mol. The van der Waals surface area contributed by atoms with Crippen molar-refractivity contribution in [1.29, 1.82) is 5.26 Å². The number of carbonyl (C=O) groups is 5. The Morgan fingerprint density at radius 3 is 1.23 bits per heavy atom. The molecule has 0 aliphatic carbocycles. The summed E-state index contributed by atoms with van der Waals surface area (Å²) in [7, 11) is 0. The van der Waals surface area contributed by atoms with Crippen LogP contribution in [0.2, 0.25) is 5.02 Å². The topological polar surface area (TPSA) is 190 Å². The van der Waals surface area contributed by atoms with Gasteiger partial charge in [-0.25, -0.2) is 28.7 Å². The predicted octanol–water partition coefficient (Wildman–Crippen LogP) is 18.5.